The summed E-state index contributed by atoms with van der Waals surface area (Å²) in [6.07, 6.45) is 43.7. The van der Waals surface area contributed by atoms with Crippen LogP contribution in [0.2, 0.25) is 0 Å². The number of carbonyl (C=O) groups excluding carboxylic acids is 6. The number of hydrogen-bond acceptors (Lipinski definition) is 9. The van der Waals surface area contributed by atoms with E-state index in [1.165, 1.54) is 220 Å². The molecule has 0 saturated carbocycles. The molecule has 0 aromatic heterocycles. The number of ether oxygens (including phenoxy) is 3. The first-order chi connectivity index (χ1) is 34.5. The molecule has 3 aromatic rings. The molecule has 9 nitrogen and oxygen atoms in total. The first-order valence-corrected chi connectivity index (χ1v) is 27.8. The number of hydrogen-bond donors (Lipinski definition) is 0. The Morgan fingerprint density at radius 1 is 0.300 bits per heavy atom. The summed E-state index contributed by atoms with van der Waals surface area (Å²) in [7, 11) is 0. The van der Waals surface area contributed by atoms with Gasteiger partial charge in [0.15, 0.2) is 0 Å². The van der Waals surface area contributed by atoms with Crippen molar-refractivity contribution < 1.29 is 43.0 Å². The second kappa shape index (κ2) is 41.9. The Kier molecular flexibility index (Phi) is 36.7. The highest BCUT2D eigenvalue weighted by molar-refractivity contribution is 5.74. The van der Waals surface area contributed by atoms with Crippen LogP contribution in [0.1, 0.15) is 271 Å². The van der Waals surface area contributed by atoms with E-state index in [0.717, 1.165) is 56.3 Å². The molecular formula is C61H90O9. The van der Waals surface area contributed by atoms with E-state index < -0.39 is 0 Å². The number of benzene rings is 3. The predicted molar refractivity (Wildman–Crippen MR) is 277 cm³/mol. The van der Waals surface area contributed by atoms with Crippen LogP contribution in [0.5, 0.6) is 17.2 Å². The van der Waals surface area contributed by atoms with Crippen molar-refractivity contribution >= 4 is 18.5 Å². The molecule has 0 fully saturated rings. The third-order valence-electron chi connectivity index (χ3n) is 13.9. The average molecular weight is 967 g/mol. The Morgan fingerprint density at radius 2 is 0.500 bits per heavy atom. The minimum absolute atomic E-state index is 0.0380. The molecule has 0 radical (unpaired) electrons. The monoisotopic (exact) mass is 967 g/mol. The topological polar surface area (TPSA) is 130 Å². The molecule has 9 heteroatoms. The summed E-state index contributed by atoms with van der Waals surface area (Å²) in [5.41, 5.74) is 8.23. The fourth-order valence-corrected chi connectivity index (χ4v) is 10.3. The highest BCUT2D eigenvalue weighted by Crippen LogP contribution is 2.61. The molecule has 0 spiro atoms. The molecule has 0 heterocycles. The van der Waals surface area contributed by atoms with E-state index in [-0.39, 0.29) is 30.3 Å². The van der Waals surface area contributed by atoms with E-state index in [4.69, 9.17) is 43.0 Å². The van der Waals surface area contributed by atoms with E-state index in [1.807, 2.05) is 0 Å². The van der Waals surface area contributed by atoms with Crippen molar-refractivity contribution in [2.75, 3.05) is 19.8 Å². The van der Waals surface area contributed by atoms with Gasteiger partial charge in [0.2, 0.25) is 0 Å². The van der Waals surface area contributed by atoms with Gasteiger partial charge in [-0.3, -0.25) is 0 Å². The zero-order chi connectivity index (χ0) is 50.7. The number of unbranched alkanes of at least 4 members (excludes halogenated alkanes) is 29. The molecule has 0 amide bonds. The second-order valence-corrected chi connectivity index (χ2v) is 19.2. The van der Waals surface area contributed by atoms with Gasteiger partial charge in [0.05, 0.1) is 19.8 Å². The molecule has 3 aliphatic rings. The van der Waals surface area contributed by atoms with Crippen LogP contribution in [0.3, 0.4) is 0 Å². The summed E-state index contributed by atoms with van der Waals surface area (Å²) < 4.78 is 20.4. The van der Waals surface area contributed by atoms with Gasteiger partial charge in [-0.1, -0.05) is 243 Å². The van der Waals surface area contributed by atoms with Crippen molar-refractivity contribution in [3.05, 3.63) is 88.0 Å². The SMILES string of the molecule is CCCCCCCCCCCCCCOc1cccc2c1C1c3c(OCCCCCCCCCCCC)cccc3C2c2cccc(OCCCCCCCCCCCC)c21.O=C=O.O=C=O.O=C=O. The summed E-state index contributed by atoms with van der Waals surface area (Å²) in [6, 6.07) is 20.5. The maximum Gasteiger partial charge on any atom is 0.373 e. The maximum atomic E-state index is 8.12. The zero-order valence-electron chi connectivity index (χ0n) is 43.8. The summed E-state index contributed by atoms with van der Waals surface area (Å²) in [5, 5.41) is 0. The number of rotatable bonds is 38. The molecule has 0 N–H and O–H groups in total. The molecule has 0 saturated heterocycles. The van der Waals surface area contributed by atoms with Gasteiger partial charge in [-0.05, 0) is 54.2 Å². The van der Waals surface area contributed by atoms with Gasteiger partial charge in [0.1, 0.15) is 17.2 Å². The van der Waals surface area contributed by atoms with Crippen LogP contribution in [-0.4, -0.2) is 38.3 Å². The van der Waals surface area contributed by atoms with Crippen LogP contribution >= 0.6 is 0 Å². The fourth-order valence-electron chi connectivity index (χ4n) is 10.3. The molecule has 0 unspecified atom stereocenters. The normalized spacial score (nSPS) is 13.2. The van der Waals surface area contributed by atoms with E-state index >= 15 is 0 Å². The lowest BCUT2D eigenvalue weighted by Gasteiger charge is -2.44. The highest BCUT2D eigenvalue weighted by atomic mass is 16.5. The maximum absolute atomic E-state index is 8.12. The molecule has 0 atom stereocenters. The minimum Gasteiger partial charge on any atom is -0.493 e. The second-order valence-electron chi connectivity index (χ2n) is 19.2. The third-order valence-corrected chi connectivity index (χ3v) is 13.9. The summed E-state index contributed by atoms with van der Waals surface area (Å²) in [6.45, 7) is 9.23. The van der Waals surface area contributed by atoms with Crippen LogP contribution in [0.4, 0.5) is 0 Å². The smallest absolute Gasteiger partial charge is 0.373 e. The molecule has 2 bridgehead atoms. The van der Waals surface area contributed by atoms with Crippen molar-refractivity contribution in [2.45, 2.75) is 238 Å². The van der Waals surface area contributed by atoms with Crippen LogP contribution in [0, 0.1) is 0 Å². The van der Waals surface area contributed by atoms with E-state index in [2.05, 4.69) is 75.4 Å². The van der Waals surface area contributed by atoms with Crippen molar-refractivity contribution in [3.63, 3.8) is 0 Å². The third kappa shape index (κ3) is 23.4. The first kappa shape index (κ1) is 61.3. The average Bonchev–Trinajstić information content (AvgIpc) is 3.37. The fraction of sp³-hybridized carbons (Fsp3) is 0.656. The largest absolute Gasteiger partial charge is 0.493 e. The van der Waals surface area contributed by atoms with Crippen LogP contribution in [0.15, 0.2) is 54.6 Å². The van der Waals surface area contributed by atoms with E-state index in [0.29, 0.717) is 0 Å². The summed E-state index contributed by atoms with van der Waals surface area (Å²) in [5.74, 6) is 3.36. The van der Waals surface area contributed by atoms with Gasteiger partial charge in [-0.15, -0.1) is 0 Å². The van der Waals surface area contributed by atoms with Gasteiger partial charge in [-0.25, -0.2) is 0 Å². The van der Waals surface area contributed by atoms with Gasteiger partial charge in [0.25, 0.3) is 0 Å². The molecule has 3 aliphatic carbocycles. The van der Waals surface area contributed by atoms with Crippen molar-refractivity contribution in [3.8, 4) is 17.2 Å². The Labute approximate surface area is 423 Å². The molecule has 6 rings (SSSR count). The lowest BCUT2D eigenvalue weighted by atomic mass is 9.60. The van der Waals surface area contributed by atoms with Gasteiger partial charge < -0.3 is 14.2 Å². The van der Waals surface area contributed by atoms with E-state index in [1.54, 1.807) is 0 Å². The van der Waals surface area contributed by atoms with Crippen molar-refractivity contribution in [1.82, 2.24) is 0 Å². The molecule has 70 heavy (non-hydrogen) atoms. The van der Waals surface area contributed by atoms with Crippen molar-refractivity contribution in [1.29, 1.82) is 0 Å². The van der Waals surface area contributed by atoms with Crippen molar-refractivity contribution in [2.24, 2.45) is 0 Å². The van der Waals surface area contributed by atoms with Gasteiger partial charge in [0, 0.05) is 28.5 Å². The lowest BCUT2D eigenvalue weighted by Crippen LogP contribution is -2.29. The van der Waals surface area contributed by atoms with E-state index in [9.17, 15) is 0 Å². The Hall–Kier alpha value is -4.80. The Bertz CT molecular complexity index is 1780. The zero-order valence-corrected chi connectivity index (χ0v) is 43.8. The molecule has 388 valence electrons. The van der Waals surface area contributed by atoms with Crippen LogP contribution in [0.25, 0.3) is 0 Å². The lowest BCUT2D eigenvalue weighted by molar-refractivity contribution is -0.193. The van der Waals surface area contributed by atoms with Crippen LogP contribution in [-0.2, 0) is 28.8 Å². The van der Waals surface area contributed by atoms with Gasteiger partial charge in [-0.2, -0.15) is 28.8 Å². The first-order valence-electron chi connectivity index (χ1n) is 27.8. The van der Waals surface area contributed by atoms with Gasteiger partial charge >= 0.3 is 18.5 Å². The quantitative estimate of drug-likeness (QED) is 0.0355. The highest BCUT2D eigenvalue weighted by Gasteiger charge is 2.46. The molecule has 3 aromatic carbocycles. The minimum atomic E-state index is 0.0380. The van der Waals surface area contributed by atoms with Crippen LogP contribution < -0.4 is 14.2 Å². The molecular weight excluding hydrogens is 877 g/mol. The standard InChI is InChI=1S/C58H90O3.3CO2/c1-4-7-10-13-16-19-22-23-26-29-32-35-47-61-53-44-38-41-50-54-48-39-36-42-51(59-45-33-30-27-24-20-17-14-11-8-5-2)55(48)58(57(50)53)56-49(54)40-37-43-52(56)60-46-34-31-28-25-21-18-15-12-9-6-3;3*2-1-3/h36-44,54,58H,4-35,45-47H2,1-3H3;;;. The predicted octanol–water partition coefficient (Wildman–Crippen LogP) is 16.6. The Morgan fingerprint density at radius 3 is 0.714 bits per heavy atom. The summed E-state index contributed by atoms with van der Waals surface area (Å²) >= 11 is 0. The Balaban J connectivity index is 0.00000173. The summed E-state index contributed by atoms with van der Waals surface area (Å²) in [4.78, 5) is 48.8. The molecule has 0 aliphatic heterocycles.